The van der Waals surface area contributed by atoms with Gasteiger partial charge in [-0.25, -0.2) is 8.78 Å². The fraction of sp³-hybridized carbons (Fsp3) is 0. The summed E-state index contributed by atoms with van der Waals surface area (Å²) in [6, 6.07) is 2.83. The first-order chi connectivity index (χ1) is 5.24. The van der Waals surface area contributed by atoms with Crippen LogP contribution in [0.15, 0.2) is 18.2 Å². The molecule has 4 heteroatoms. The molecule has 1 N–H and O–H groups in total. The fourth-order valence-electron chi connectivity index (χ4n) is 0.672. The topological polar surface area (TPSA) is 29.1 Å². The average molecular weight is 157 g/mol. The van der Waals surface area contributed by atoms with Crippen molar-refractivity contribution in [3.05, 3.63) is 29.8 Å². The molecule has 0 saturated carbocycles. The molecule has 1 aromatic rings. The molecule has 0 bridgehead atoms. The van der Waals surface area contributed by atoms with Crippen molar-refractivity contribution in [2.45, 2.75) is 0 Å². The van der Waals surface area contributed by atoms with E-state index in [1.54, 1.807) is 0 Å². The van der Waals surface area contributed by atoms with Gasteiger partial charge in [0.2, 0.25) is 6.41 Å². The van der Waals surface area contributed by atoms with Crippen molar-refractivity contribution in [1.29, 1.82) is 0 Å². The molecular weight excluding hydrogens is 152 g/mol. The first kappa shape index (κ1) is 7.65. The van der Waals surface area contributed by atoms with Gasteiger partial charge in [0.1, 0.15) is 11.6 Å². The van der Waals surface area contributed by atoms with E-state index < -0.39 is 11.6 Å². The predicted molar refractivity (Wildman–Crippen MR) is 36.0 cm³/mol. The van der Waals surface area contributed by atoms with Crippen LogP contribution >= 0.6 is 0 Å². The molecule has 0 aromatic heterocycles. The van der Waals surface area contributed by atoms with Gasteiger partial charge < -0.3 is 5.32 Å². The summed E-state index contributed by atoms with van der Waals surface area (Å²) >= 11 is 0. The number of hydrogen-bond donors (Lipinski definition) is 1. The molecule has 0 aliphatic heterocycles. The molecule has 0 spiro atoms. The standard InChI is InChI=1S/C7H5F2NO/c8-5-1-2-6(9)7(3-5)10-4-11/h1-4H,(H,10,11). The molecule has 0 unspecified atom stereocenters. The summed E-state index contributed by atoms with van der Waals surface area (Å²) in [5, 5.41) is 2.02. The van der Waals surface area contributed by atoms with E-state index in [0.717, 1.165) is 18.2 Å². The number of carbonyl (C=O) groups is 1. The van der Waals surface area contributed by atoms with Gasteiger partial charge in [-0.2, -0.15) is 0 Å². The quantitative estimate of drug-likeness (QED) is 0.648. The predicted octanol–water partition coefficient (Wildman–Crippen LogP) is 1.53. The van der Waals surface area contributed by atoms with Crippen LogP contribution in [0.2, 0.25) is 0 Å². The zero-order valence-corrected chi connectivity index (χ0v) is 5.47. The first-order valence-electron chi connectivity index (χ1n) is 2.89. The molecule has 58 valence electrons. The van der Waals surface area contributed by atoms with Gasteiger partial charge >= 0.3 is 0 Å². The third-order valence-corrected chi connectivity index (χ3v) is 1.14. The largest absolute Gasteiger partial charge is 0.326 e. The SMILES string of the molecule is O=CNc1cc(F)ccc1F. The Balaban J connectivity index is 3.01. The van der Waals surface area contributed by atoms with Gasteiger partial charge in [0.25, 0.3) is 0 Å². The Bertz CT molecular complexity index is 275. The van der Waals surface area contributed by atoms with Crippen LogP contribution in [0.4, 0.5) is 14.5 Å². The summed E-state index contributed by atoms with van der Waals surface area (Å²) in [6.45, 7) is 0. The molecule has 2 nitrogen and oxygen atoms in total. The molecule has 0 fully saturated rings. The number of halogens is 2. The lowest BCUT2D eigenvalue weighted by Gasteiger charge is -1.98. The van der Waals surface area contributed by atoms with Crippen LogP contribution in [0.1, 0.15) is 0 Å². The van der Waals surface area contributed by atoms with Crippen molar-refractivity contribution < 1.29 is 13.6 Å². The normalized spacial score (nSPS) is 9.27. The van der Waals surface area contributed by atoms with Crippen LogP contribution in [0.5, 0.6) is 0 Å². The van der Waals surface area contributed by atoms with Crippen LogP contribution in [-0.4, -0.2) is 6.41 Å². The van der Waals surface area contributed by atoms with E-state index in [4.69, 9.17) is 0 Å². The zero-order valence-electron chi connectivity index (χ0n) is 5.47. The molecule has 1 rings (SSSR count). The first-order valence-corrected chi connectivity index (χ1v) is 2.89. The molecule has 0 aliphatic rings. The molecule has 0 radical (unpaired) electrons. The third-order valence-electron chi connectivity index (χ3n) is 1.14. The Kier molecular flexibility index (Phi) is 2.15. The highest BCUT2D eigenvalue weighted by Crippen LogP contribution is 2.13. The van der Waals surface area contributed by atoms with E-state index in [1.807, 2.05) is 5.32 Å². The second-order valence-corrected chi connectivity index (χ2v) is 1.89. The van der Waals surface area contributed by atoms with Gasteiger partial charge in [-0.1, -0.05) is 0 Å². The second kappa shape index (κ2) is 3.09. The minimum Gasteiger partial charge on any atom is -0.326 e. The molecule has 11 heavy (non-hydrogen) atoms. The third kappa shape index (κ3) is 1.73. The lowest BCUT2D eigenvalue weighted by Crippen LogP contribution is -1.97. The van der Waals surface area contributed by atoms with Crippen LogP contribution in [-0.2, 0) is 4.79 Å². The van der Waals surface area contributed by atoms with Crippen LogP contribution in [0.25, 0.3) is 0 Å². The Morgan fingerprint density at radius 1 is 1.36 bits per heavy atom. The Morgan fingerprint density at radius 3 is 2.73 bits per heavy atom. The van der Waals surface area contributed by atoms with Crippen LogP contribution < -0.4 is 5.32 Å². The number of benzene rings is 1. The van der Waals surface area contributed by atoms with Crippen molar-refractivity contribution in [3.8, 4) is 0 Å². The van der Waals surface area contributed by atoms with Gasteiger partial charge in [0.15, 0.2) is 0 Å². The van der Waals surface area contributed by atoms with E-state index in [1.165, 1.54) is 0 Å². The minimum atomic E-state index is -0.654. The van der Waals surface area contributed by atoms with Crippen LogP contribution in [0, 0.1) is 11.6 Å². The Morgan fingerprint density at radius 2 is 2.09 bits per heavy atom. The summed E-state index contributed by atoms with van der Waals surface area (Å²) in [6.07, 6.45) is 0.290. The summed E-state index contributed by atoms with van der Waals surface area (Å²) in [7, 11) is 0. The van der Waals surface area contributed by atoms with E-state index in [0.29, 0.717) is 0 Å². The summed E-state index contributed by atoms with van der Waals surface area (Å²) in [4.78, 5) is 9.84. The number of carbonyl (C=O) groups excluding carboxylic acids is 1. The minimum absolute atomic E-state index is 0.153. The lowest BCUT2D eigenvalue weighted by molar-refractivity contribution is -0.105. The van der Waals surface area contributed by atoms with Gasteiger partial charge in [-0.3, -0.25) is 4.79 Å². The number of rotatable bonds is 2. The average Bonchev–Trinajstić information content (AvgIpc) is 1.98. The molecule has 0 atom stereocenters. The zero-order chi connectivity index (χ0) is 8.27. The van der Waals surface area contributed by atoms with Crippen molar-refractivity contribution in [3.63, 3.8) is 0 Å². The van der Waals surface area contributed by atoms with E-state index in [9.17, 15) is 13.6 Å². The Hall–Kier alpha value is -1.45. The number of anilines is 1. The van der Waals surface area contributed by atoms with Gasteiger partial charge in [0, 0.05) is 6.07 Å². The summed E-state index contributed by atoms with van der Waals surface area (Å²) < 4.78 is 24.9. The van der Waals surface area contributed by atoms with Gasteiger partial charge in [0.05, 0.1) is 5.69 Å². The van der Waals surface area contributed by atoms with Gasteiger partial charge in [-0.05, 0) is 12.1 Å². The molecule has 1 aromatic carbocycles. The van der Waals surface area contributed by atoms with Gasteiger partial charge in [-0.15, -0.1) is 0 Å². The highest BCUT2D eigenvalue weighted by molar-refractivity contribution is 5.71. The summed E-state index contributed by atoms with van der Waals surface area (Å²) in [5.41, 5.74) is -0.153. The van der Waals surface area contributed by atoms with Crippen molar-refractivity contribution >= 4 is 12.1 Å². The van der Waals surface area contributed by atoms with E-state index in [2.05, 4.69) is 0 Å². The fourth-order valence-corrected chi connectivity index (χ4v) is 0.672. The van der Waals surface area contributed by atoms with Crippen molar-refractivity contribution in [2.24, 2.45) is 0 Å². The summed E-state index contributed by atoms with van der Waals surface area (Å²) in [5.74, 6) is -1.24. The van der Waals surface area contributed by atoms with E-state index >= 15 is 0 Å². The monoisotopic (exact) mass is 157 g/mol. The number of amides is 1. The Labute approximate surface area is 61.8 Å². The maximum absolute atomic E-state index is 12.6. The highest BCUT2D eigenvalue weighted by Gasteiger charge is 2.00. The number of hydrogen-bond acceptors (Lipinski definition) is 1. The smallest absolute Gasteiger partial charge is 0.211 e. The van der Waals surface area contributed by atoms with Crippen LogP contribution in [0.3, 0.4) is 0 Å². The molecule has 0 saturated heterocycles. The maximum atomic E-state index is 12.6. The second-order valence-electron chi connectivity index (χ2n) is 1.89. The lowest BCUT2D eigenvalue weighted by atomic mass is 10.3. The molecule has 0 heterocycles. The molecule has 0 aliphatic carbocycles. The maximum Gasteiger partial charge on any atom is 0.211 e. The van der Waals surface area contributed by atoms with Crippen molar-refractivity contribution in [1.82, 2.24) is 0 Å². The number of nitrogens with one attached hydrogen (secondary N) is 1. The molecule has 1 amide bonds. The van der Waals surface area contributed by atoms with Crippen molar-refractivity contribution in [2.75, 3.05) is 5.32 Å². The highest BCUT2D eigenvalue weighted by atomic mass is 19.1. The van der Waals surface area contributed by atoms with E-state index in [-0.39, 0.29) is 12.1 Å². The molecular formula is C7H5F2NO.